The molecule has 1 unspecified atom stereocenters. The monoisotopic (exact) mass is 252 g/mol. The highest BCUT2D eigenvalue weighted by Crippen LogP contribution is 2.12. The largest absolute Gasteiger partial charge is 0.463 e. The van der Waals surface area contributed by atoms with Crippen LogP contribution in [0, 0.1) is 0 Å². The molecule has 100 valence electrons. The number of carbonyl (C=O) groups excluding carboxylic acids is 1. The number of esters is 1. The van der Waals surface area contributed by atoms with E-state index in [9.17, 15) is 4.79 Å². The minimum absolute atomic E-state index is 0.264. The van der Waals surface area contributed by atoms with Gasteiger partial charge in [0.1, 0.15) is 5.76 Å². The Kier molecular flexibility index (Phi) is 4.38. The summed E-state index contributed by atoms with van der Waals surface area (Å²) < 4.78 is 10.0. The molecule has 2 heterocycles. The highest BCUT2D eigenvalue weighted by molar-refractivity contribution is 5.86. The van der Waals surface area contributed by atoms with Crippen molar-refractivity contribution in [3.05, 3.63) is 23.7 Å². The van der Waals surface area contributed by atoms with Crippen LogP contribution in [0.25, 0.3) is 0 Å². The first kappa shape index (κ1) is 13.1. The Labute approximate surface area is 107 Å². The van der Waals surface area contributed by atoms with Crippen LogP contribution in [0.2, 0.25) is 0 Å². The third-order valence-electron chi connectivity index (χ3n) is 3.17. The summed E-state index contributed by atoms with van der Waals surface area (Å²) in [6, 6.07) is 4.05. The summed E-state index contributed by atoms with van der Waals surface area (Å²) in [5, 5.41) is 3.46. The van der Waals surface area contributed by atoms with E-state index < -0.39 is 5.97 Å². The zero-order chi connectivity index (χ0) is 13.0. The summed E-state index contributed by atoms with van der Waals surface area (Å²) in [6.45, 7) is 2.81. The van der Waals surface area contributed by atoms with E-state index in [1.807, 2.05) is 6.07 Å². The lowest BCUT2D eigenvalue weighted by Crippen LogP contribution is -2.34. The number of nitrogens with one attached hydrogen (secondary N) is 1. The quantitative estimate of drug-likeness (QED) is 0.799. The van der Waals surface area contributed by atoms with E-state index in [1.165, 1.54) is 20.0 Å². The average Bonchev–Trinajstić information content (AvgIpc) is 2.99. The molecule has 1 aliphatic heterocycles. The van der Waals surface area contributed by atoms with Crippen molar-refractivity contribution in [1.29, 1.82) is 0 Å². The molecule has 1 aliphatic rings. The summed E-state index contributed by atoms with van der Waals surface area (Å²) in [4.78, 5) is 13.4. The Bertz CT molecular complexity index is 397. The van der Waals surface area contributed by atoms with Crippen molar-refractivity contribution in [2.24, 2.45) is 0 Å². The molecule has 0 spiro atoms. The van der Waals surface area contributed by atoms with E-state index >= 15 is 0 Å². The van der Waals surface area contributed by atoms with Crippen molar-refractivity contribution in [2.45, 2.75) is 25.4 Å². The number of methoxy groups -OCH3 is 1. The molecule has 5 nitrogen and oxygen atoms in total. The van der Waals surface area contributed by atoms with Gasteiger partial charge in [-0.05, 0) is 38.6 Å². The topological polar surface area (TPSA) is 54.7 Å². The van der Waals surface area contributed by atoms with Gasteiger partial charge < -0.3 is 14.5 Å². The summed E-state index contributed by atoms with van der Waals surface area (Å²) in [5.74, 6) is 0.622. The molecule has 1 fully saturated rings. The molecule has 0 bridgehead atoms. The Balaban J connectivity index is 1.84. The second-order valence-electron chi connectivity index (χ2n) is 4.75. The first-order valence-corrected chi connectivity index (χ1v) is 6.28. The van der Waals surface area contributed by atoms with Gasteiger partial charge in [0.25, 0.3) is 0 Å². The summed E-state index contributed by atoms with van der Waals surface area (Å²) in [7, 11) is 3.41. The molecule has 1 saturated heterocycles. The lowest BCUT2D eigenvalue weighted by atomic mass is 10.2. The lowest BCUT2D eigenvalue weighted by Gasteiger charge is -2.19. The van der Waals surface area contributed by atoms with Gasteiger partial charge in [0.2, 0.25) is 5.76 Å². The fourth-order valence-electron chi connectivity index (χ4n) is 2.29. The Hall–Kier alpha value is -1.33. The van der Waals surface area contributed by atoms with E-state index in [2.05, 4.69) is 22.0 Å². The standard InChI is InChI=1S/C13H20N2O3/c1-15(8-10-4-3-7-14-10)9-11-5-6-12(18-11)13(16)17-2/h5-6,10,14H,3-4,7-9H2,1-2H3. The average molecular weight is 252 g/mol. The second-order valence-corrected chi connectivity index (χ2v) is 4.75. The fourth-order valence-corrected chi connectivity index (χ4v) is 2.29. The Morgan fingerprint density at radius 1 is 1.61 bits per heavy atom. The Morgan fingerprint density at radius 3 is 3.11 bits per heavy atom. The molecule has 1 atom stereocenters. The van der Waals surface area contributed by atoms with Crippen LogP contribution in [0.4, 0.5) is 0 Å². The minimum atomic E-state index is -0.429. The molecule has 0 amide bonds. The maximum Gasteiger partial charge on any atom is 0.373 e. The first-order chi connectivity index (χ1) is 8.69. The molecule has 0 saturated carbocycles. The van der Waals surface area contributed by atoms with Crippen LogP contribution >= 0.6 is 0 Å². The second kappa shape index (κ2) is 6.02. The number of rotatable bonds is 5. The predicted octanol–water partition coefficient (Wildman–Crippen LogP) is 1.25. The van der Waals surface area contributed by atoms with Crippen LogP contribution in [-0.4, -0.2) is 44.2 Å². The van der Waals surface area contributed by atoms with Crippen LogP contribution in [0.15, 0.2) is 16.5 Å². The number of ether oxygens (including phenoxy) is 1. The van der Waals surface area contributed by atoms with E-state index in [-0.39, 0.29) is 5.76 Å². The van der Waals surface area contributed by atoms with E-state index in [0.717, 1.165) is 18.8 Å². The SMILES string of the molecule is COC(=O)c1ccc(CN(C)CC2CCCN2)o1. The molecule has 1 aromatic rings. The molecule has 2 rings (SSSR count). The van der Waals surface area contributed by atoms with Crippen LogP contribution in [-0.2, 0) is 11.3 Å². The maximum atomic E-state index is 11.3. The van der Waals surface area contributed by atoms with Crippen molar-refractivity contribution in [2.75, 3.05) is 27.2 Å². The summed E-state index contributed by atoms with van der Waals surface area (Å²) >= 11 is 0. The van der Waals surface area contributed by atoms with E-state index in [1.54, 1.807) is 6.07 Å². The first-order valence-electron chi connectivity index (χ1n) is 6.28. The molecule has 0 aliphatic carbocycles. The van der Waals surface area contributed by atoms with Gasteiger partial charge in [-0.25, -0.2) is 4.79 Å². The zero-order valence-corrected chi connectivity index (χ0v) is 10.9. The van der Waals surface area contributed by atoms with Crippen LogP contribution < -0.4 is 5.32 Å². The van der Waals surface area contributed by atoms with Crippen molar-refractivity contribution < 1.29 is 13.9 Å². The van der Waals surface area contributed by atoms with Crippen molar-refractivity contribution >= 4 is 5.97 Å². The van der Waals surface area contributed by atoms with E-state index in [4.69, 9.17) is 4.42 Å². The van der Waals surface area contributed by atoms with Gasteiger partial charge in [0, 0.05) is 12.6 Å². The van der Waals surface area contributed by atoms with Gasteiger partial charge in [-0.15, -0.1) is 0 Å². The van der Waals surface area contributed by atoms with Gasteiger partial charge in [0.05, 0.1) is 13.7 Å². The van der Waals surface area contributed by atoms with Crippen molar-refractivity contribution in [1.82, 2.24) is 10.2 Å². The number of carbonyl (C=O) groups is 1. The summed E-state index contributed by atoms with van der Waals surface area (Å²) in [6.07, 6.45) is 2.49. The number of likely N-dealkylation sites (N-methyl/N-ethyl adjacent to an activating group) is 1. The predicted molar refractivity (Wildman–Crippen MR) is 67.4 cm³/mol. The minimum Gasteiger partial charge on any atom is -0.463 e. The Morgan fingerprint density at radius 2 is 2.44 bits per heavy atom. The zero-order valence-electron chi connectivity index (χ0n) is 10.9. The van der Waals surface area contributed by atoms with Gasteiger partial charge >= 0.3 is 5.97 Å². The third kappa shape index (κ3) is 3.34. The molecule has 0 aromatic carbocycles. The molecule has 0 radical (unpaired) electrons. The number of hydrogen-bond donors (Lipinski definition) is 1. The fraction of sp³-hybridized carbons (Fsp3) is 0.615. The van der Waals surface area contributed by atoms with Gasteiger partial charge in [-0.3, -0.25) is 4.90 Å². The van der Waals surface area contributed by atoms with Gasteiger partial charge in [0.15, 0.2) is 0 Å². The van der Waals surface area contributed by atoms with Crippen molar-refractivity contribution in [3.63, 3.8) is 0 Å². The van der Waals surface area contributed by atoms with E-state index in [0.29, 0.717) is 12.6 Å². The molecule has 18 heavy (non-hydrogen) atoms. The van der Waals surface area contributed by atoms with Crippen LogP contribution in [0.1, 0.15) is 29.2 Å². The van der Waals surface area contributed by atoms with Crippen molar-refractivity contribution in [3.8, 4) is 0 Å². The van der Waals surface area contributed by atoms with Gasteiger partial charge in [-0.2, -0.15) is 0 Å². The highest BCUT2D eigenvalue weighted by Gasteiger charge is 2.17. The molecular formula is C13H20N2O3. The molecule has 1 aromatic heterocycles. The molecular weight excluding hydrogens is 232 g/mol. The number of nitrogens with zero attached hydrogens (tertiary/aromatic N) is 1. The van der Waals surface area contributed by atoms with Gasteiger partial charge in [-0.1, -0.05) is 0 Å². The molecule has 5 heteroatoms. The smallest absolute Gasteiger partial charge is 0.373 e. The summed E-state index contributed by atoms with van der Waals surface area (Å²) in [5.41, 5.74) is 0. The number of hydrogen-bond acceptors (Lipinski definition) is 5. The highest BCUT2D eigenvalue weighted by atomic mass is 16.5. The normalized spacial score (nSPS) is 19.4. The van der Waals surface area contributed by atoms with Crippen LogP contribution in [0.5, 0.6) is 0 Å². The third-order valence-corrected chi connectivity index (χ3v) is 3.17. The lowest BCUT2D eigenvalue weighted by molar-refractivity contribution is 0.0561. The number of furan rings is 1. The molecule has 1 N–H and O–H groups in total. The van der Waals surface area contributed by atoms with Crippen LogP contribution in [0.3, 0.4) is 0 Å². The maximum absolute atomic E-state index is 11.3.